The van der Waals surface area contributed by atoms with E-state index in [1.165, 1.54) is 6.42 Å². The van der Waals surface area contributed by atoms with Crippen LogP contribution in [-0.2, 0) is 0 Å². The molecule has 84 valence electrons. The number of nitrogens with one attached hydrogen (secondary N) is 1. The van der Waals surface area contributed by atoms with E-state index in [0.29, 0.717) is 11.7 Å². The van der Waals surface area contributed by atoms with Crippen LogP contribution in [0.3, 0.4) is 0 Å². The van der Waals surface area contributed by atoms with Crippen molar-refractivity contribution in [2.75, 3.05) is 18.8 Å². The third-order valence-electron chi connectivity index (χ3n) is 3.15. The van der Waals surface area contributed by atoms with Crippen LogP contribution >= 0.6 is 0 Å². The van der Waals surface area contributed by atoms with E-state index in [1.807, 2.05) is 22.6 Å². The molecule has 1 unspecified atom stereocenters. The molecule has 3 N–H and O–H groups in total. The molecule has 5 nitrogen and oxygen atoms in total. The molecule has 0 spiro atoms. The van der Waals surface area contributed by atoms with Gasteiger partial charge >= 0.3 is 0 Å². The van der Waals surface area contributed by atoms with E-state index in [0.717, 1.165) is 31.0 Å². The summed E-state index contributed by atoms with van der Waals surface area (Å²) < 4.78 is 1.96. The first kappa shape index (κ1) is 9.59. The zero-order chi connectivity index (χ0) is 11.0. The van der Waals surface area contributed by atoms with Crippen molar-refractivity contribution in [3.05, 3.63) is 24.0 Å². The van der Waals surface area contributed by atoms with E-state index in [2.05, 4.69) is 15.5 Å². The zero-order valence-electron chi connectivity index (χ0n) is 9.06. The van der Waals surface area contributed by atoms with Gasteiger partial charge in [0.15, 0.2) is 5.65 Å². The molecule has 5 heteroatoms. The van der Waals surface area contributed by atoms with Crippen LogP contribution in [0.15, 0.2) is 18.2 Å². The van der Waals surface area contributed by atoms with Gasteiger partial charge in [0.2, 0.25) is 0 Å². The van der Waals surface area contributed by atoms with Gasteiger partial charge in [-0.25, -0.2) is 0 Å². The topological polar surface area (TPSA) is 68.2 Å². The monoisotopic (exact) mass is 217 g/mol. The highest BCUT2D eigenvalue weighted by atomic mass is 15.3. The first-order valence-electron chi connectivity index (χ1n) is 5.66. The summed E-state index contributed by atoms with van der Waals surface area (Å²) in [5.41, 5.74) is 6.80. The van der Waals surface area contributed by atoms with Crippen molar-refractivity contribution in [3.8, 4) is 0 Å². The van der Waals surface area contributed by atoms with Crippen LogP contribution in [0.25, 0.3) is 5.65 Å². The average Bonchev–Trinajstić information content (AvgIpc) is 2.75. The van der Waals surface area contributed by atoms with Crippen LogP contribution in [-0.4, -0.2) is 27.7 Å². The Morgan fingerprint density at radius 2 is 2.31 bits per heavy atom. The van der Waals surface area contributed by atoms with Crippen LogP contribution < -0.4 is 11.1 Å². The molecule has 0 aliphatic carbocycles. The molecule has 0 saturated carbocycles. The number of piperidine rings is 1. The van der Waals surface area contributed by atoms with Crippen molar-refractivity contribution in [3.63, 3.8) is 0 Å². The van der Waals surface area contributed by atoms with Crippen LogP contribution in [0.1, 0.15) is 24.6 Å². The molecule has 0 amide bonds. The Morgan fingerprint density at radius 1 is 1.38 bits per heavy atom. The minimum absolute atomic E-state index is 0.424. The number of aromatic nitrogens is 3. The number of nitrogen functional groups attached to an aromatic ring is 1. The summed E-state index contributed by atoms with van der Waals surface area (Å²) in [6.45, 7) is 2.07. The van der Waals surface area contributed by atoms with Crippen molar-refractivity contribution in [1.82, 2.24) is 19.9 Å². The van der Waals surface area contributed by atoms with Crippen molar-refractivity contribution in [2.45, 2.75) is 18.8 Å². The maximum atomic E-state index is 5.97. The van der Waals surface area contributed by atoms with Gasteiger partial charge in [-0.05, 0) is 31.5 Å². The van der Waals surface area contributed by atoms with Crippen LogP contribution in [0, 0.1) is 0 Å². The highest BCUT2D eigenvalue weighted by Gasteiger charge is 2.21. The summed E-state index contributed by atoms with van der Waals surface area (Å²) in [6.07, 6.45) is 2.34. The third-order valence-corrected chi connectivity index (χ3v) is 3.15. The molecule has 3 heterocycles. The smallest absolute Gasteiger partial charge is 0.162 e. The fourth-order valence-corrected chi connectivity index (χ4v) is 2.33. The Labute approximate surface area is 93.7 Å². The molecule has 16 heavy (non-hydrogen) atoms. The number of hydrogen-bond donors (Lipinski definition) is 2. The fourth-order valence-electron chi connectivity index (χ4n) is 2.33. The fraction of sp³-hybridized carbons (Fsp3) is 0.455. The van der Waals surface area contributed by atoms with Gasteiger partial charge in [0.05, 0.1) is 0 Å². The lowest BCUT2D eigenvalue weighted by Gasteiger charge is -2.21. The molecule has 3 rings (SSSR count). The number of nitrogens with zero attached hydrogens (tertiary/aromatic N) is 3. The summed E-state index contributed by atoms with van der Waals surface area (Å²) in [5.74, 6) is 2.12. The Hall–Kier alpha value is -1.62. The predicted octanol–water partition coefficient (Wildman–Crippen LogP) is 0.778. The highest BCUT2D eigenvalue weighted by molar-refractivity contribution is 5.48. The molecule has 2 aromatic heterocycles. The lowest BCUT2D eigenvalue weighted by molar-refractivity contribution is 0.444. The first-order chi connectivity index (χ1) is 7.86. The SMILES string of the molecule is Nc1cccc2nnc(C3CCCNC3)n12. The summed E-state index contributed by atoms with van der Waals surface area (Å²) in [7, 11) is 0. The van der Waals surface area contributed by atoms with Gasteiger partial charge in [-0.1, -0.05) is 6.07 Å². The zero-order valence-corrected chi connectivity index (χ0v) is 9.06. The molecule has 0 radical (unpaired) electrons. The molecule has 1 aliphatic rings. The van der Waals surface area contributed by atoms with Gasteiger partial charge in [-0.3, -0.25) is 4.40 Å². The van der Waals surface area contributed by atoms with Crippen molar-refractivity contribution in [1.29, 1.82) is 0 Å². The second-order valence-electron chi connectivity index (χ2n) is 4.25. The van der Waals surface area contributed by atoms with Crippen molar-refractivity contribution < 1.29 is 0 Å². The predicted molar refractivity (Wildman–Crippen MR) is 62.2 cm³/mol. The molecule has 0 aromatic carbocycles. The number of pyridine rings is 1. The normalized spacial score (nSPS) is 21.4. The van der Waals surface area contributed by atoms with Gasteiger partial charge in [-0.2, -0.15) is 0 Å². The Kier molecular flexibility index (Phi) is 2.25. The largest absolute Gasteiger partial charge is 0.385 e. The minimum Gasteiger partial charge on any atom is -0.385 e. The van der Waals surface area contributed by atoms with Gasteiger partial charge in [0.1, 0.15) is 11.6 Å². The molecule has 1 fully saturated rings. The van der Waals surface area contributed by atoms with Crippen LogP contribution in [0.2, 0.25) is 0 Å². The number of hydrogen-bond acceptors (Lipinski definition) is 4. The van der Waals surface area contributed by atoms with E-state index in [1.54, 1.807) is 0 Å². The highest BCUT2D eigenvalue weighted by Crippen LogP contribution is 2.23. The summed E-state index contributed by atoms with van der Waals surface area (Å²) in [6, 6.07) is 5.72. The standard InChI is InChI=1S/C11H15N5/c12-9-4-1-5-10-14-15-11(16(9)10)8-3-2-6-13-7-8/h1,4-5,8,13H,2-3,6-7,12H2. The van der Waals surface area contributed by atoms with E-state index in [-0.39, 0.29) is 0 Å². The number of fused-ring (bicyclic) bond motifs is 1. The van der Waals surface area contributed by atoms with E-state index >= 15 is 0 Å². The van der Waals surface area contributed by atoms with Crippen molar-refractivity contribution in [2.24, 2.45) is 0 Å². The minimum atomic E-state index is 0.424. The summed E-state index contributed by atoms with van der Waals surface area (Å²) in [4.78, 5) is 0. The number of nitrogens with two attached hydrogens (primary N) is 1. The second-order valence-corrected chi connectivity index (χ2v) is 4.25. The van der Waals surface area contributed by atoms with Gasteiger partial charge in [-0.15, -0.1) is 10.2 Å². The summed E-state index contributed by atoms with van der Waals surface area (Å²) >= 11 is 0. The molecule has 0 bridgehead atoms. The number of anilines is 1. The van der Waals surface area contributed by atoms with Crippen molar-refractivity contribution >= 4 is 11.5 Å². The van der Waals surface area contributed by atoms with Gasteiger partial charge < -0.3 is 11.1 Å². The Bertz CT molecular complexity index is 498. The average molecular weight is 217 g/mol. The van der Waals surface area contributed by atoms with Gasteiger partial charge in [0.25, 0.3) is 0 Å². The molecule has 1 atom stereocenters. The lowest BCUT2D eigenvalue weighted by Crippen LogP contribution is -2.29. The number of rotatable bonds is 1. The first-order valence-corrected chi connectivity index (χ1v) is 5.66. The van der Waals surface area contributed by atoms with Gasteiger partial charge in [0, 0.05) is 12.5 Å². The maximum Gasteiger partial charge on any atom is 0.162 e. The van der Waals surface area contributed by atoms with Crippen LogP contribution in [0.5, 0.6) is 0 Å². The molecule has 1 saturated heterocycles. The van der Waals surface area contributed by atoms with Crippen LogP contribution in [0.4, 0.5) is 5.82 Å². The van der Waals surface area contributed by atoms with E-state index < -0.39 is 0 Å². The maximum absolute atomic E-state index is 5.97. The lowest BCUT2D eigenvalue weighted by atomic mass is 9.99. The molecular weight excluding hydrogens is 202 g/mol. The van der Waals surface area contributed by atoms with E-state index in [9.17, 15) is 0 Å². The second kappa shape index (κ2) is 3.75. The quantitative estimate of drug-likeness (QED) is 0.740. The Morgan fingerprint density at radius 3 is 3.12 bits per heavy atom. The third kappa shape index (κ3) is 1.44. The Balaban J connectivity index is 2.09. The van der Waals surface area contributed by atoms with E-state index in [4.69, 9.17) is 5.73 Å². The molecule has 1 aliphatic heterocycles. The molecular formula is C11H15N5. The summed E-state index contributed by atoms with van der Waals surface area (Å²) in [5, 5.41) is 11.8. The molecule has 2 aromatic rings.